The third-order valence-corrected chi connectivity index (χ3v) is 4.33. The Kier molecular flexibility index (Phi) is 5.12. The summed E-state index contributed by atoms with van der Waals surface area (Å²) in [6.45, 7) is 2.06. The largest absolute Gasteiger partial charge is 0.496 e. The lowest BCUT2D eigenvalue weighted by molar-refractivity contribution is 0.385. The van der Waals surface area contributed by atoms with Gasteiger partial charge in [0, 0.05) is 5.56 Å². The maximum absolute atomic E-state index is 5.48. The van der Waals surface area contributed by atoms with Gasteiger partial charge in [0.25, 0.3) is 0 Å². The highest BCUT2D eigenvalue weighted by molar-refractivity contribution is 9.09. The van der Waals surface area contributed by atoms with Crippen molar-refractivity contribution in [2.24, 2.45) is 0 Å². The van der Waals surface area contributed by atoms with Crippen LogP contribution in [0.1, 0.15) is 21.5 Å². The molecule has 0 aliphatic carbocycles. The minimum absolute atomic E-state index is 0.0848. The molecule has 1 unspecified atom stereocenters. The monoisotopic (exact) mass is 350 g/mol. The van der Waals surface area contributed by atoms with Crippen molar-refractivity contribution in [3.05, 3.63) is 53.1 Å². The predicted octanol–water partition coefficient (Wildman–Crippen LogP) is 4.51. The van der Waals surface area contributed by atoms with Gasteiger partial charge in [-0.3, -0.25) is 0 Å². The molecular formula is C17H19BrO3. The summed E-state index contributed by atoms with van der Waals surface area (Å²) in [5.41, 5.74) is 3.16. The normalized spacial score (nSPS) is 11.9. The van der Waals surface area contributed by atoms with Crippen LogP contribution in [0.5, 0.6) is 17.2 Å². The standard InChI is InChI=1S/C17H19BrO3/c1-11-8-9-13(19-2)12(10-11)17(18)16-14(20-3)6-5-7-15(16)21-4/h5-10,17H,1-4H3. The Morgan fingerprint density at radius 3 is 1.95 bits per heavy atom. The summed E-state index contributed by atoms with van der Waals surface area (Å²) in [6.07, 6.45) is 0. The minimum atomic E-state index is -0.0848. The van der Waals surface area contributed by atoms with E-state index in [1.165, 1.54) is 5.56 Å². The molecule has 0 heterocycles. The lowest BCUT2D eigenvalue weighted by Crippen LogP contribution is -2.02. The third kappa shape index (κ3) is 3.16. The van der Waals surface area contributed by atoms with E-state index >= 15 is 0 Å². The van der Waals surface area contributed by atoms with E-state index in [1.807, 2.05) is 30.3 Å². The number of halogens is 1. The van der Waals surface area contributed by atoms with E-state index < -0.39 is 0 Å². The van der Waals surface area contributed by atoms with Crippen LogP contribution in [0.15, 0.2) is 36.4 Å². The van der Waals surface area contributed by atoms with Crippen LogP contribution >= 0.6 is 15.9 Å². The minimum Gasteiger partial charge on any atom is -0.496 e. The first kappa shape index (κ1) is 15.7. The molecule has 0 radical (unpaired) electrons. The number of alkyl halides is 1. The predicted molar refractivity (Wildman–Crippen MR) is 88.0 cm³/mol. The fourth-order valence-corrected chi connectivity index (χ4v) is 3.15. The van der Waals surface area contributed by atoms with Gasteiger partial charge in [-0.15, -0.1) is 0 Å². The van der Waals surface area contributed by atoms with E-state index in [2.05, 4.69) is 28.9 Å². The van der Waals surface area contributed by atoms with Crippen molar-refractivity contribution >= 4 is 15.9 Å². The first-order chi connectivity index (χ1) is 10.1. The van der Waals surface area contributed by atoms with E-state index in [0.717, 1.165) is 28.4 Å². The zero-order valence-corrected chi connectivity index (χ0v) is 14.2. The summed E-state index contributed by atoms with van der Waals surface area (Å²) < 4.78 is 16.4. The van der Waals surface area contributed by atoms with Gasteiger partial charge in [0.2, 0.25) is 0 Å². The average molecular weight is 351 g/mol. The first-order valence-corrected chi connectivity index (χ1v) is 7.53. The molecule has 2 rings (SSSR count). The van der Waals surface area contributed by atoms with Gasteiger partial charge in [-0.05, 0) is 25.1 Å². The number of rotatable bonds is 5. The molecule has 112 valence electrons. The number of benzene rings is 2. The van der Waals surface area contributed by atoms with Crippen LogP contribution in [0.4, 0.5) is 0 Å². The highest BCUT2D eigenvalue weighted by Crippen LogP contribution is 2.45. The maximum atomic E-state index is 5.48. The molecule has 0 aliphatic rings. The van der Waals surface area contributed by atoms with Crippen LogP contribution in [-0.4, -0.2) is 21.3 Å². The molecule has 0 saturated carbocycles. The summed E-state index contributed by atoms with van der Waals surface area (Å²) in [6, 6.07) is 11.9. The molecule has 0 bridgehead atoms. The van der Waals surface area contributed by atoms with Crippen molar-refractivity contribution in [1.29, 1.82) is 0 Å². The molecule has 0 aromatic heterocycles. The lowest BCUT2D eigenvalue weighted by Gasteiger charge is -2.20. The van der Waals surface area contributed by atoms with Gasteiger partial charge in [0.05, 0.1) is 31.7 Å². The Hall–Kier alpha value is -1.68. The van der Waals surface area contributed by atoms with E-state index in [1.54, 1.807) is 21.3 Å². The molecule has 1 atom stereocenters. The Bertz CT molecular complexity index is 603. The number of hydrogen-bond acceptors (Lipinski definition) is 3. The maximum Gasteiger partial charge on any atom is 0.127 e. The van der Waals surface area contributed by atoms with Crippen LogP contribution in [-0.2, 0) is 0 Å². The van der Waals surface area contributed by atoms with Crippen molar-refractivity contribution in [2.75, 3.05) is 21.3 Å². The summed E-state index contributed by atoms with van der Waals surface area (Å²) >= 11 is 3.76. The van der Waals surface area contributed by atoms with Gasteiger partial charge in [0.15, 0.2) is 0 Å². The average Bonchev–Trinajstić information content (AvgIpc) is 2.53. The molecular weight excluding hydrogens is 332 g/mol. The summed E-state index contributed by atoms with van der Waals surface area (Å²) in [5.74, 6) is 2.38. The zero-order chi connectivity index (χ0) is 15.4. The summed E-state index contributed by atoms with van der Waals surface area (Å²) in [5, 5.41) is 0. The molecule has 0 amide bonds. The van der Waals surface area contributed by atoms with Crippen LogP contribution < -0.4 is 14.2 Å². The van der Waals surface area contributed by atoms with E-state index in [9.17, 15) is 0 Å². The molecule has 0 spiro atoms. The van der Waals surface area contributed by atoms with Gasteiger partial charge in [-0.2, -0.15) is 0 Å². The van der Waals surface area contributed by atoms with Crippen LogP contribution in [0.25, 0.3) is 0 Å². The SMILES string of the molecule is COc1ccc(C)cc1C(Br)c1c(OC)cccc1OC. The second kappa shape index (κ2) is 6.85. The zero-order valence-electron chi connectivity index (χ0n) is 12.6. The fourth-order valence-electron chi connectivity index (χ4n) is 2.34. The van der Waals surface area contributed by atoms with Gasteiger partial charge < -0.3 is 14.2 Å². The second-order valence-corrected chi connectivity index (χ2v) is 5.60. The molecule has 0 saturated heterocycles. The number of ether oxygens (including phenoxy) is 3. The summed E-state index contributed by atoms with van der Waals surface area (Å²) in [4.78, 5) is -0.0848. The molecule has 3 nitrogen and oxygen atoms in total. The van der Waals surface area contributed by atoms with E-state index in [-0.39, 0.29) is 4.83 Å². The van der Waals surface area contributed by atoms with E-state index in [4.69, 9.17) is 14.2 Å². The van der Waals surface area contributed by atoms with Crippen molar-refractivity contribution in [1.82, 2.24) is 0 Å². The van der Waals surface area contributed by atoms with Crippen LogP contribution in [0.3, 0.4) is 0 Å². The Balaban J connectivity index is 2.59. The molecule has 21 heavy (non-hydrogen) atoms. The molecule has 0 N–H and O–H groups in total. The van der Waals surface area contributed by atoms with Crippen molar-refractivity contribution < 1.29 is 14.2 Å². The summed E-state index contributed by atoms with van der Waals surface area (Å²) in [7, 11) is 4.99. The molecule has 2 aromatic carbocycles. The Morgan fingerprint density at radius 1 is 0.857 bits per heavy atom. The van der Waals surface area contributed by atoms with Crippen molar-refractivity contribution in [3.8, 4) is 17.2 Å². The van der Waals surface area contributed by atoms with Gasteiger partial charge in [0.1, 0.15) is 17.2 Å². The van der Waals surface area contributed by atoms with E-state index in [0.29, 0.717) is 0 Å². The van der Waals surface area contributed by atoms with Crippen LogP contribution in [0.2, 0.25) is 0 Å². The quantitative estimate of drug-likeness (QED) is 0.742. The Morgan fingerprint density at radius 2 is 1.43 bits per heavy atom. The van der Waals surface area contributed by atoms with Crippen molar-refractivity contribution in [3.63, 3.8) is 0 Å². The highest BCUT2D eigenvalue weighted by atomic mass is 79.9. The van der Waals surface area contributed by atoms with Crippen LogP contribution in [0, 0.1) is 6.92 Å². The lowest BCUT2D eigenvalue weighted by atomic mass is 10.00. The van der Waals surface area contributed by atoms with Crippen molar-refractivity contribution in [2.45, 2.75) is 11.8 Å². The molecule has 2 aromatic rings. The highest BCUT2D eigenvalue weighted by Gasteiger charge is 2.23. The third-order valence-electron chi connectivity index (χ3n) is 3.38. The molecule has 0 aliphatic heterocycles. The fraction of sp³-hybridized carbons (Fsp3) is 0.294. The number of hydrogen-bond donors (Lipinski definition) is 0. The van der Waals surface area contributed by atoms with Gasteiger partial charge in [-0.1, -0.05) is 39.7 Å². The second-order valence-electron chi connectivity index (χ2n) is 4.68. The molecule has 4 heteroatoms. The molecule has 0 fully saturated rings. The smallest absolute Gasteiger partial charge is 0.127 e. The van der Waals surface area contributed by atoms with Gasteiger partial charge >= 0.3 is 0 Å². The van der Waals surface area contributed by atoms with Gasteiger partial charge in [-0.25, -0.2) is 0 Å². The Labute approximate surface area is 134 Å². The number of methoxy groups -OCH3 is 3. The topological polar surface area (TPSA) is 27.7 Å². The number of aryl methyl sites for hydroxylation is 1. The first-order valence-electron chi connectivity index (χ1n) is 6.61.